The smallest absolute Gasteiger partial charge is 0.429 e. The predicted molar refractivity (Wildman–Crippen MR) is 93.7 cm³/mol. The lowest BCUT2D eigenvalue weighted by molar-refractivity contribution is 0.121. The molecular formula is C16H28N6O3. The second-order valence-corrected chi connectivity index (χ2v) is 7.68. The van der Waals surface area contributed by atoms with Crippen molar-refractivity contribution in [3.63, 3.8) is 0 Å². The fourth-order valence-corrected chi connectivity index (χ4v) is 2.77. The monoisotopic (exact) mass is 352 g/mol. The third-order valence-electron chi connectivity index (χ3n) is 4.22. The number of hydrazine groups is 1. The molecular weight excluding hydrogens is 324 g/mol. The van der Waals surface area contributed by atoms with E-state index in [1.54, 1.807) is 19.1 Å². The number of hydrogen-bond donors (Lipinski definition) is 1. The number of piperidine rings is 1. The Kier molecular flexibility index (Phi) is 5.36. The Balaban J connectivity index is 2.57. The fraction of sp³-hybridized carbons (Fsp3) is 0.750. The molecule has 1 aromatic rings. The maximum absolute atomic E-state index is 12.5. The lowest BCUT2D eigenvalue weighted by Gasteiger charge is -2.38. The summed E-state index contributed by atoms with van der Waals surface area (Å²) in [6.45, 7) is 8.34. The van der Waals surface area contributed by atoms with Crippen LogP contribution in [0.3, 0.4) is 0 Å². The number of nitrogens with zero attached hydrogens (tertiary/aromatic N) is 6. The van der Waals surface area contributed by atoms with Gasteiger partial charge in [-0.05, 0) is 19.8 Å². The lowest BCUT2D eigenvalue weighted by atomic mass is 9.96. The van der Waals surface area contributed by atoms with Crippen molar-refractivity contribution in [3.8, 4) is 0 Å². The van der Waals surface area contributed by atoms with Gasteiger partial charge < -0.3 is 10.0 Å². The Morgan fingerprint density at radius 1 is 1.24 bits per heavy atom. The standard InChI is InChI=1S/C16H28N6O3/c1-11-9-7-8-10-20(11)22(15(24)25)13-17-12(16(2,3)4)18-21(13)14(23)19(5)6/h11H,7-10H2,1-6H3,(H,24,25). The third kappa shape index (κ3) is 3.92. The van der Waals surface area contributed by atoms with Crippen LogP contribution in [0.25, 0.3) is 0 Å². The molecule has 1 N–H and O–H groups in total. The van der Waals surface area contributed by atoms with Crippen molar-refractivity contribution in [2.75, 3.05) is 25.6 Å². The van der Waals surface area contributed by atoms with Crippen LogP contribution in [0.4, 0.5) is 15.5 Å². The molecule has 0 aromatic carbocycles. The van der Waals surface area contributed by atoms with E-state index in [2.05, 4.69) is 10.1 Å². The second-order valence-electron chi connectivity index (χ2n) is 7.68. The minimum Gasteiger partial charge on any atom is -0.464 e. The Morgan fingerprint density at radius 3 is 2.36 bits per heavy atom. The molecule has 9 nitrogen and oxygen atoms in total. The van der Waals surface area contributed by atoms with Crippen molar-refractivity contribution in [3.05, 3.63) is 5.82 Å². The first kappa shape index (κ1) is 19.2. The quantitative estimate of drug-likeness (QED) is 0.878. The number of carboxylic acid groups (broad SMARTS) is 1. The molecule has 2 heterocycles. The summed E-state index contributed by atoms with van der Waals surface area (Å²) in [4.78, 5) is 30.3. The van der Waals surface area contributed by atoms with E-state index in [4.69, 9.17) is 0 Å². The van der Waals surface area contributed by atoms with E-state index in [1.807, 2.05) is 27.7 Å². The van der Waals surface area contributed by atoms with Crippen molar-refractivity contribution in [1.82, 2.24) is 24.7 Å². The first-order valence-corrected chi connectivity index (χ1v) is 8.53. The summed E-state index contributed by atoms with van der Waals surface area (Å²) < 4.78 is 1.08. The summed E-state index contributed by atoms with van der Waals surface area (Å²) in [5.41, 5.74) is -0.412. The summed E-state index contributed by atoms with van der Waals surface area (Å²) in [6.07, 6.45) is 1.68. The van der Waals surface area contributed by atoms with Gasteiger partial charge in [-0.2, -0.15) is 9.99 Å². The highest BCUT2D eigenvalue weighted by molar-refractivity contribution is 5.87. The Bertz CT molecular complexity index is 649. The zero-order valence-electron chi connectivity index (χ0n) is 15.9. The maximum atomic E-state index is 12.5. The zero-order chi connectivity index (χ0) is 18.9. The van der Waals surface area contributed by atoms with Crippen molar-refractivity contribution in [2.45, 2.75) is 58.4 Å². The van der Waals surface area contributed by atoms with Crippen molar-refractivity contribution < 1.29 is 14.7 Å². The minimum absolute atomic E-state index is 0.0184. The Morgan fingerprint density at radius 2 is 1.88 bits per heavy atom. The third-order valence-corrected chi connectivity index (χ3v) is 4.22. The highest BCUT2D eigenvalue weighted by atomic mass is 16.4. The van der Waals surface area contributed by atoms with Crippen LogP contribution >= 0.6 is 0 Å². The molecule has 1 atom stereocenters. The van der Waals surface area contributed by atoms with Gasteiger partial charge in [-0.3, -0.25) is 0 Å². The highest BCUT2D eigenvalue weighted by Gasteiger charge is 2.36. The van der Waals surface area contributed by atoms with Gasteiger partial charge in [0.05, 0.1) is 0 Å². The van der Waals surface area contributed by atoms with Crippen LogP contribution in [0.15, 0.2) is 0 Å². The maximum Gasteiger partial charge on any atom is 0.429 e. The van der Waals surface area contributed by atoms with Gasteiger partial charge >= 0.3 is 12.1 Å². The van der Waals surface area contributed by atoms with Crippen molar-refractivity contribution in [2.24, 2.45) is 0 Å². The van der Waals surface area contributed by atoms with E-state index in [1.165, 1.54) is 4.90 Å². The molecule has 1 unspecified atom stereocenters. The summed E-state index contributed by atoms with van der Waals surface area (Å²) in [5, 5.41) is 17.0. The lowest BCUT2D eigenvalue weighted by Crippen LogP contribution is -2.54. The molecule has 140 valence electrons. The number of aromatic nitrogens is 3. The Labute approximate surface area is 148 Å². The molecule has 1 aromatic heterocycles. The van der Waals surface area contributed by atoms with E-state index < -0.39 is 17.5 Å². The number of amides is 2. The average molecular weight is 352 g/mol. The van der Waals surface area contributed by atoms with Crippen LogP contribution in [0.1, 0.15) is 52.8 Å². The van der Waals surface area contributed by atoms with Gasteiger partial charge in [-0.15, -0.1) is 9.78 Å². The molecule has 0 bridgehead atoms. The van der Waals surface area contributed by atoms with Gasteiger partial charge in [0.25, 0.3) is 5.95 Å². The van der Waals surface area contributed by atoms with Crippen LogP contribution in [0.2, 0.25) is 0 Å². The molecule has 1 aliphatic heterocycles. The average Bonchev–Trinajstić information content (AvgIpc) is 2.93. The van der Waals surface area contributed by atoms with Gasteiger partial charge in [0.1, 0.15) is 0 Å². The summed E-state index contributed by atoms with van der Waals surface area (Å²) in [6, 6.07) is -0.392. The van der Waals surface area contributed by atoms with Crippen molar-refractivity contribution >= 4 is 18.1 Å². The molecule has 25 heavy (non-hydrogen) atoms. The van der Waals surface area contributed by atoms with Gasteiger partial charge in [0.2, 0.25) is 0 Å². The minimum atomic E-state index is -1.17. The SMILES string of the molecule is CC1CCCCN1N(C(=O)O)c1nc(C(C)(C)C)nn1C(=O)N(C)C. The van der Waals surface area contributed by atoms with Crippen LogP contribution in [0, 0.1) is 0 Å². The highest BCUT2D eigenvalue weighted by Crippen LogP contribution is 2.27. The fourth-order valence-electron chi connectivity index (χ4n) is 2.77. The molecule has 0 saturated carbocycles. The number of anilines is 1. The summed E-state index contributed by atoms with van der Waals surface area (Å²) >= 11 is 0. The number of carbonyl (C=O) groups excluding carboxylic acids is 1. The topological polar surface area (TPSA) is 94.8 Å². The molecule has 0 radical (unpaired) electrons. The number of carbonyl (C=O) groups is 2. The first-order chi connectivity index (χ1) is 11.5. The number of rotatable bonds is 2. The molecule has 1 fully saturated rings. The first-order valence-electron chi connectivity index (χ1n) is 8.53. The van der Waals surface area contributed by atoms with E-state index >= 15 is 0 Å². The molecule has 0 spiro atoms. The van der Waals surface area contributed by atoms with Gasteiger partial charge in [0, 0.05) is 32.1 Å². The van der Waals surface area contributed by atoms with E-state index in [0.717, 1.165) is 29.0 Å². The van der Waals surface area contributed by atoms with E-state index in [-0.39, 0.29) is 12.0 Å². The largest absolute Gasteiger partial charge is 0.464 e. The van der Waals surface area contributed by atoms with Crippen LogP contribution in [-0.4, -0.2) is 68.6 Å². The van der Waals surface area contributed by atoms with Crippen LogP contribution < -0.4 is 5.01 Å². The van der Waals surface area contributed by atoms with Gasteiger partial charge in [-0.1, -0.05) is 27.2 Å². The molecule has 2 amide bonds. The van der Waals surface area contributed by atoms with Crippen LogP contribution in [0.5, 0.6) is 0 Å². The molecule has 1 aliphatic rings. The van der Waals surface area contributed by atoms with Gasteiger partial charge in [0.15, 0.2) is 5.82 Å². The van der Waals surface area contributed by atoms with E-state index in [9.17, 15) is 14.7 Å². The Hall–Kier alpha value is -2.16. The zero-order valence-corrected chi connectivity index (χ0v) is 15.9. The normalized spacial score (nSPS) is 18.9. The van der Waals surface area contributed by atoms with Gasteiger partial charge in [-0.25, -0.2) is 14.6 Å². The molecule has 0 aliphatic carbocycles. The predicted octanol–water partition coefficient (Wildman–Crippen LogP) is 2.38. The molecule has 2 rings (SSSR count). The second kappa shape index (κ2) is 6.99. The summed E-state index contributed by atoms with van der Waals surface area (Å²) in [7, 11) is 3.19. The number of hydrogen-bond acceptors (Lipinski definition) is 5. The molecule has 9 heteroatoms. The molecule has 1 saturated heterocycles. The van der Waals surface area contributed by atoms with Crippen LogP contribution in [-0.2, 0) is 5.41 Å². The van der Waals surface area contributed by atoms with E-state index in [0.29, 0.717) is 12.4 Å². The summed E-state index contributed by atoms with van der Waals surface area (Å²) in [5.74, 6) is 0.443. The van der Waals surface area contributed by atoms with Crippen molar-refractivity contribution in [1.29, 1.82) is 0 Å².